The first kappa shape index (κ1) is 19.7. The predicted molar refractivity (Wildman–Crippen MR) is 98.4 cm³/mol. The van der Waals surface area contributed by atoms with E-state index in [0.717, 1.165) is 6.61 Å². The number of hydrogen-bond acceptors (Lipinski definition) is 1. The third-order valence-corrected chi connectivity index (χ3v) is 4.68. The van der Waals surface area contributed by atoms with Gasteiger partial charge >= 0.3 is 0 Å². The second kappa shape index (κ2) is 15.6. The number of allylic oxidation sites excluding steroid dienone is 1. The molecular formula is C21H40O. The SMILES string of the molecule is CCCCCCCCCCCCCCCCC/C=C/C1CO1. The molecule has 0 radical (unpaired) electrons. The molecule has 0 amide bonds. The van der Waals surface area contributed by atoms with Crippen LogP contribution in [0, 0.1) is 0 Å². The molecule has 0 aromatic carbocycles. The molecule has 1 aliphatic rings. The third-order valence-electron chi connectivity index (χ3n) is 4.68. The van der Waals surface area contributed by atoms with Gasteiger partial charge in [-0.2, -0.15) is 0 Å². The summed E-state index contributed by atoms with van der Waals surface area (Å²) in [4.78, 5) is 0. The lowest BCUT2D eigenvalue weighted by Crippen LogP contribution is -1.83. The molecule has 1 heterocycles. The first-order valence-electron chi connectivity index (χ1n) is 10.2. The highest BCUT2D eigenvalue weighted by Gasteiger charge is 2.17. The molecule has 1 rings (SSSR count). The van der Waals surface area contributed by atoms with Crippen LogP contribution in [0.2, 0.25) is 0 Å². The lowest BCUT2D eigenvalue weighted by Gasteiger charge is -2.03. The fourth-order valence-electron chi connectivity index (χ4n) is 3.05. The van der Waals surface area contributed by atoms with Gasteiger partial charge < -0.3 is 4.74 Å². The first-order valence-corrected chi connectivity index (χ1v) is 10.2. The number of unbranched alkanes of at least 4 members (excludes halogenated alkanes) is 15. The first-order chi connectivity index (χ1) is 10.9. The van der Waals surface area contributed by atoms with Crippen molar-refractivity contribution >= 4 is 0 Å². The topological polar surface area (TPSA) is 12.5 Å². The number of hydrogen-bond donors (Lipinski definition) is 0. The summed E-state index contributed by atoms with van der Waals surface area (Å²) in [6, 6.07) is 0. The summed E-state index contributed by atoms with van der Waals surface area (Å²) in [7, 11) is 0. The Bertz CT molecular complexity index is 242. The van der Waals surface area contributed by atoms with Gasteiger partial charge in [-0.15, -0.1) is 0 Å². The van der Waals surface area contributed by atoms with E-state index >= 15 is 0 Å². The summed E-state index contributed by atoms with van der Waals surface area (Å²) in [5.41, 5.74) is 0. The second-order valence-corrected chi connectivity index (χ2v) is 7.04. The summed E-state index contributed by atoms with van der Waals surface area (Å²) >= 11 is 0. The number of ether oxygens (including phenoxy) is 1. The van der Waals surface area contributed by atoms with Crippen LogP contribution in [0.1, 0.15) is 110 Å². The molecule has 1 atom stereocenters. The Morgan fingerprint density at radius 3 is 1.50 bits per heavy atom. The van der Waals surface area contributed by atoms with Crippen molar-refractivity contribution in [3.8, 4) is 0 Å². The van der Waals surface area contributed by atoms with Crippen LogP contribution in [0.25, 0.3) is 0 Å². The molecule has 1 unspecified atom stereocenters. The van der Waals surface area contributed by atoms with E-state index in [0.29, 0.717) is 6.10 Å². The van der Waals surface area contributed by atoms with Crippen LogP contribution in [0.3, 0.4) is 0 Å². The van der Waals surface area contributed by atoms with E-state index in [2.05, 4.69) is 19.1 Å². The molecule has 0 aromatic rings. The Morgan fingerprint density at radius 2 is 1.09 bits per heavy atom. The molecule has 0 saturated carbocycles. The van der Waals surface area contributed by atoms with Crippen molar-refractivity contribution < 1.29 is 4.74 Å². The van der Waals surface area contributed by atoms with E-state index in [4.69, 9.17) is 4.74 Å². The summed E-state index contributed by atoms with van der Waals surface area (Å²) in [5.74, 6) is 0. The summed E-state index contributed by atoms with van der Waals surface area (Å²) in [6.45, 7) is 3.25. The normalized spacial score (nSPS) is 17.4. The fourth-order valence-corrected chi connectivity index (χ4v) is 3.05. The third kappa shape index (κ3) is 14.6. The average molecular weight is 309 g/mol. The van der Waals surface area contributed by atoms with Crippen LogP contribution < -0.4 is 0 Å². The van der Waals surface area contributed by atoms with Gasteiger partial charge in [0.05, 0.1) is 12.7 Å². The van der Waals surface area contributed by atoms with Crippen LogP contribution in [0.4, 0.5) is 0 Å². The van der Waals surface area contributed by atoms with Crippen molar-refractivity contribution in [2.45, 2.75) is 116 Å². The van der Waals surface area contributed by atoms with Crippen molar-refractivity contribution in [3.63, 3.8) is 0 Å². The van der Waals surface area contributed by atoms with E-state index in [-0.39, 0.29) is 0 Å². The molecule has 1 heteroatoms. The van der Waals surface area contributed by atoms with E-state index < -0.39 is 0 Å². The van der Waals surface area contributed by atoms with Crippen LogP contribution in [0.5, 0.6) is 0 Å². The van der Waals surface area contributed by atoms with Crippen LogP contribution in [0.15, 0.2) is 12.2 Å². The van der Waals surface area contributed by atoms with Gasteiger partial charge in [-0.05, 0) is 12.8 Å². The predicted octanol–water partition coefficient (Wildman–Crippen LogP) is 7.20. The highest BCUT2D eigenvalue weighted by Crippen LogP contribution is 2.14. The van der Waals surface area contributed by atoms with Crippen molar-refractivity contribution in [2.75, 3.05) is 6.61 Å². The number of rotatable bonds is 17. The maximum atomic E-state index is 5.15. The molecule has 0 aromatic heterocycles. The lowest BCUT2D eigenvalue weighted by molar-refractivity contribution is 0.439. The zero-order valence-corrected chi connectivity index (χ0v) is 15.2. The van der Waals surface area contributed by atoms with Gasteiger partial charge in [0.15, 0.2) is 0 Å². The molecule has 22 heavy (non-hydrogen) atoms. The monoisotopic (exact) mass is 308 g/mol. The standard InChI is InChI=1S/C21H40O/c1-2-3-4-5-6-7-8-9-10-11-12-13-14-15-16-17-18-19-21-20-22-21/h18-19,21H,2-17,20H2,1H3/b19-18+. The van der Waals surface area contributed by atoms with Gasteiger partial charge in [0.25, 0.3) is 0 Å². The summed E-state index contributed by atoms with van der Waals surface area (Å²) in [6.07, 6.45) is 27.9. The second-order valence-electron chi connectivity index (χ2n) is 7.04. The van der Waals surface area contributed by atoms with Gasteiger partial charge in [0, 0.05) is 0 Å². The Labute approximate surface area is 139 Å². The van der Waals surface area contributed by atoms with Crippen molar-refractivity contribution in [3.05, 3.63) is 12.2 Å². The molecule has 1 aliphatic heterocycles. The van der Waals surface area contributed by atoms with E-state index in [1.54, 1.807) is 0 Å². The Balaban J connectivity index is 1.62. The molecular weight excluding hydrogens is 268 g/mol. The summed E-state index contributed by atoms with van der Waals surface area (Å²) in [5, 5.41) is 0. The molecule has 0 spiro atoms. The van der Waals surface area contributed by atoms with Crippen LogP contribution >= 0.6 is 0 Å². The average Bonchev–Trinajstić information content (AvgIpc) is 3.34. The lowest BCUT2D eigenvalue weighted by atomic mass is 10.0. The Morgan fingerprint density at radius 1 is 0.682 bits per heavy atom. The minimum absolute atomic E-state index is 0.469. The van der Waals surface area contributed by atoms with Crippen LogP contribution in [-0.2, 0) is 4.74 Å². The van der Waals surface area contributed by atoms with Crippen molar-refractivity contribution in [1.82, 2.24) is 0 Å². The minimum Gasteiger partial charge on any atom is -0.369 e. The molecule has 130 valence electrons. The van der Waals surface area contributed by atoms with E-state index in [1.165, 1.54) is 103 Å². The zero-order valence-electron chi connectivity index (χ0n) is 15.2. The molecule has 0 aliphatic carbocycles. The minimum atomic E-state index is 0.469. The van der Waals surface area contributed by atoms with Crippen LogP contribution in [-0.4, -0.2) is 12.7 Å². The maximum Gasteiger partial charge on any atom is 0.0991 e. The Hall–Kier alpha value is -0.300. The van der Waals surface area contributed by atoms with Gasteiger partial charge in [0.1, 0.15) is 0 Å². The molecule has 1 saturated heterocycles. The van der Waals surface area contributed by atoms with Gasteiger partial charge in [0.2, 0.25) is 0 Å². The van der Waals surface area contributed by atoms with Crippen molar-refractivity contribution in [2.24, 2.45) is 0 Å². The molecule has 0 N–H and O–H groups in total. The van der Waals surface area contributed by atoms with E-state index in [9.17, 15) is 0 Å². The fraction of sp³-hybridized carbons (Fsp3) is 0.905. The summed E-state index contributed by atoms with van der Waals surface area (Å²) < 4.78 is 5.15. The maximum absolute atomic E-state index is 5.15. The van der Waals surface area contributed by atoms with Crippen molar-refractivity contribution in [1.29, 1.82) is 0 Å². The van der Waals surface area contributed by atoms with E-state index in [1.807, 2.05) is 0 Å². The quantitative estimate of drug-likeness (QED) is 0.157. The van der Waals surface area contributed by atoms with Gasteiger partial charge in [-0.25, -0.2) is 0 Å². The highest BCUT2D eigenvalue weighted by atomic mass is 16.6. The molecule has 0 bridgehead atoms. The highest BCUT2D eigenvalue weighted by molar-refractivity contribution is 4.95. The van der Waals surface area contributed by atoms with Gasteiger partial charge in [-0.3, -0.25) is 0 Å². The van der Waals surface area contributed by atoms with Gasteiger partial charge in [-0.1, -0.05) is 109 Å². The Kier molecular flexibility index (Phi) is 14.0. The smallest absolute Gasteiger partial charge is 0.0991 e. The molecule has 1 fully saturated rings. The molecule has 1 nitrogen and oxygen atoms in total. The largest absolute Gasteiger partial charge is 0.369 e. The zero-order chi connectivity index (χ0) is 15.7. The number of epoxide rings is 1.